The quantitative estimate of drug-likeness (QED) is 0.774. The zero-order chi connectivity index (χ0) is 13.4. The van der Waals surface area contributed by atoms with E-state index in [-0.39, 0.29) is 17.9 Å². The zero-order valence-corrected chi connectivity index (χ0v) is 11.2. The third-order valence-electron chi connectivity index (χ3n) is 3.11. The molecule has 0 radical (unpaired) electrons. The molecule has 18 heavy (non-hydrogen) atoms. The summed E-state index contributed by atoms with van der Waals surface area (Å²) >= 11 is 0. The highest BCUT2D eigenvalue weighted by Gasteiger charge is 2.18. The summed E-state index contributed by atoms with van der Waals surface area (Å²) in [5.74, 6) is -0.163. The zero-order valence-electron chi connectivity index (χ0n) is 11.2. The molecular weight excluding hydrogens is 226 g/mol. The highest BCUT2D eigenvalue weighted by Crippen LogP contribution is 2.14. The first-order valence-corrected chi connectivity index (χ1v) is 6.59. The minimum atomic E-state index is -0.186. The fraction of sp³-hybridized carbons (Fsp3) is 0.571. The Morgan fingerprint density at radius 2 is 2.33 bits per heavy atom. The van der Waals surface area contributed by atoms with Crippen molar-refractivity contribution in [3.63, 3.8) is 0 Å². The Morgan fingerprint density at radius 1 is 1.56 bits per heavy atom. The smallest absolute Gasteiger partial charge is 0.227 e. The number of carbonyl (C=O) groups is 1. The number of aromatic nitrogens is 1. The van der Waals surface area contributed by atoms with Gasteiger partial charge >= 0.3 is 0 Å². The summed E-state index contributed by atoms with van der Waals surface area (Å²) in [6.45, 7) is 4.51. The molecule has 0 fully saturated rings. The second kappa shape index (κ2) is 7.82. The summed E-state index contributed by atoms with van der Waals surface area (Å²) in [6, 6.07) is 3.84. The SMILES string of the molecule is CCCCC(CN)NC(=O)C(C)c1cccnc1. The van der Waals surface area contributed by atoms with Crippen LogP contribution < -0.4 is 11.1 Å². The van der Waals surface area contributed by atoms with Gasteiger partial charge in [-0.2, -0.15) is 0 Å². The van der Waals surface area contributed by atoms with Gasteiger partial charge in [-0.1, -0.05) is 25.8 Å². The normalized spacial score (nSPS) is 13.9. The fourth-order valence-corrected chi connectivity index (χ4v) is 1.81. The van der Waals surface area contributed by atoms with Crippen molar-refractivity contribution >= 4 is 5.91 Å². The van der Waals surface area contributed by atoms with Gasteiger partial charge in [-0.3, -0.25) is 9.78 Å². The van der Waals surface area contributed by atoms with E-state index >= 15 is 0 Å². The summed E-state index contributed by atoms with van der Waals surface area (Å²) in [5, 5.41) is 3.01. The Bertz CT molecular complexity index is 353. The second-order valence-electron chi connectivity index (χ2n) is 4.59. The van der Waals surface area contributed by atoms with E-state index in [9.17, 15) is 4.79 Å². The monoisotopic (exact) mass is 249 g/mol. The molecule has 100 valence electrons. The van der Waals surface area contributed by atoms with E-state index in [1.165, 1.54) is 0 Å². The van der Waals surface area contributed by atoms with Gasteiger partial charge in [0, 0.05) is 25.0 Å². The number of pyridine rings is 1. The van der Waals surface area contributed by atoms with Crippen LogP contribution in [0.15, 0.2) is 24.5 Å². The first kappa shape index (κ1) is 14.6. The van der Waals surface area contributed by atoms with Gasteiger partial charge in [0.1, 0.15) is 0 Å². The van der Waals surface area contributed by atoms with Gasteiger partial charge in [-0.15, -0.1) is 0 Å². The van der Waals surface area contributed by atoms with Crippen LogP contribution in [-0.2, 0) is 4.79 Å². The Labute approximate surface area is 109 Å². The molecule has 0 saturated carbocycles. The minimum absolute atomic E-state index is 0.0227. The van der Waals surface area contributed by atoms with E-state index in [1.807, 2.05) is 19.1 Å². The number of nitrogens with one attached hydrogen (secondary N) is 1. The van der Waals surface area contributed by atoms with Gasteiger partial charge in [0.15, 0.2) is 0 Å². The van der Waals surface area contributed by atoms with E-state index in [2.05, 4.69) is 17.2 Å². The molecule has 0 aliphatic rings. The predicted molar refractivity (Wildman–Crippen MR) is 73.2 cm³/mol. The number of nitrogens with zero attached hydrogens (tertiary/aromatic N) is 1. The van der Waals surface area contributed by atoms with Crippen LogP contribution in [0.1, 0.15) is 44.6 Å². The lowest BCUT2D eigenvalue weighted by Crippen LogP contribution is -2.42. The topological polar surface area (TPSA) is 68.0 Å². The largest absolute Gasteiger partial charge is 0.352 e. The van der Waals surface area contributed by atoms with Crippen molar-refractivity contribution in [2.75, 3.05) is 6.54 Å². The predicted octanol–water partition coefficient (Wildman–Crippen LogP) is 1.82. The Balaban J connectivity index is 2.53. The van der Waals surface area contributed by atoms with Crippen molar-refractivity contribution in [3.8, 4) is 0 Å². The maximum Gasteiger partial charge on any atom is 0.227 e. The molecule has 0 aliphatic carbocycles. The number of rotatable bonds is 7. The molecule has 1 aromatic rings. The van der Waals surface area contributed by atoms with Gasteiger partial charge in [0.25, 0.3) is 0 Å². The van der Waals surface area contributed by atoms with Gasteiger partial charge in [-0.25, -0.2) is 0 Å². The highest BCUT2D eigenvalue weighted by atomic mass is 16.1. The van der Waals surface area contributed by atoms with Crippen molar-refractivity contribution in [2.45, 2.75) is 45.1 Å². The number of hydrogen-bond acceptors (Lipinski definition) is 3. The second-order valence-corrected chi connectivity index (χ2v) is 4.59. The van der Waals surface area contributed by atoms with E-state index in [1.54, 1.807) is 12.4 Å². The van der Waals surface area contributed by atoms with Crippen LogP contribution in [0.25, 0.3) is 0 Å². The van der Waals surface area contributed by atoms with E-state index in [0.29, 0.717) is 6.54 Å². The third kappa shape index (κ3) is 4.45. The van der Waals surface area contributed by atoms with Crippen LogP contribution in [0, 0.1) is 0 Å². The van der Waals surface area contributed by atoms with Crippen molar-refractivity contribution in [1.29, 1.82) is 0 Å². The first-order chi connectivity index (χ1) is 8.69. The molecular formula is C14H23N3O. The fourth-order valence-electron chi connectivity index (χ4n) is 1.81. The molecule has 1 aromatic heterocycles. The summed E-state index contributed by atoms with van der Waals surface area (Å²) in [6.07, 6.45) is 6.58. The molecule has 4 nitrogen and oxygen atoms in total. The molecule has 1 rings (SSSR count). The molecule has 1 amide bonds. The number of unbranched alkanes of at least 4 members (excludes halogenated alkanes) is 1. The van der Waals surface area contributed by atoms with Crippen molar-refractivity contribution in [3.05, 3.63) is 30.1 Å². The van der Waals surface area contributed by atoms with Crippen LogP contribution in [0.2, 0.25) is 0 Å². The summed E-state index contributed by atoms with van der Waals surface area (Å²) in [5.41, 5.74) is 6.61. The Hall–Kier alpha value is -1.42. The van der Waals surface area contributed by atoms with Gasteiger partial charge in [0.05, 0.1) is 5.92 Å². The number of amides is 1. The first-order valence-electron chi connectivity index (χ1n) is 6.59. The molecule has 0 aromatic carbocycles. The number of nitrogens with two attached hydrogens (primary N) is 1. The molecule has 0 bridgehead atoms. The molecule has 0 spiro atoms. The maximum atomic E-state index is 12.1. The minimum Gasteiger partial charge on any atom is -0.352 e. The summed E-state index contributed by atoms with van der Waals surface area (Å²) in [4.78, 5) is 16.1. The lowest BCUT2D eigenvalue weighted by atomic mass is 10.0. The summed E-state index contributed by atoms with van der Waals surface area (Å²) in [7, 11) is 0. The summed E-state index contributed by atoms with van der Waals surface area (Å²) < 4.78 is 0. The van der Waals surface area contributed by atoms with Gasteiger partial charge in [0.2, 0.25) is 5.91 Å². The third-order valence-corrected chi connectivity index (χ3v) is 3.11. The Kier molecular flexibility index (Phi) is 6.36. The van der Waals surface area contributed by atoms with Gasteiger partial charge in [-0.05, 0) is 25.0 Å². The van der Waals surface area contributed by atoms with Crippen LogP contribution >= 0.6 is 0 Å². The Morgan fingerprint density at radius 3 is 2.89 bits per heavy atom. The van der Waals surface area contributed by atoms with Crippen LogP contribution in [-0.4, -0.2) is 23.5 Å². The average molecular weight is 249 g/mol. The standard InChI is InChI=1S/C14H23N3O/c1-3-4-7-13(9-15)17-14(18)11(2)12-6-5-8-16-10-12/h5-6,8,10-11,13H,3-4,7,9,15H2,1-2H3,(H,17,18). The molecule has 1 heterocycles. The van der Waals surface area contributed by atoms with Crippen LogP contribution in [0.4, 0.5) is 0 Å². The molecule has 0 aliphatic heterocycles. The van der Waals surface area contributed by atoms with E-state index in [4.69, 9.17) is 5.73 Å². The van der Waals surface area contributed by atoms with E-state index < -0.39 is 0 Å². The van der Waals surface area contributed by atoms with Crippen molar-refractivity contribution in [1.82, 2.24) is 10.3 Å². The molecule has 3 N–H and O–H groups in total. The number of carbonyl (C=O) groups excluding carboxylic acids is 1. The molecule has 2 atom stereocenters. The number of hydrogen-bond donors (Lipinski definition) is 2. The van der Waals surface area contributed by atoms with Crippen LogP contribution in [0.3, 0.4) is 0 Å². The van der Waals surface area contributed by atoms with E-state index in [0.717, 1.165) is 24.8 Å². The van der Waals surface area contributed by atoms with Crippen LogP contribution in [0.5, 0.6) is 0 Å². The lowest BCUT2D eigenvalue weighted by molar-refractivity contribution is -0.122. The van der Waals surface area contributed by atoms with Crippen molar-refractivity contribution < 1.29 is 4.79 Å². The lowest BCUT2D eigenvalue weighted by Gasteiger charge is -2.19. The molecule has 0 saturated heterocycles. The highest BCUT2D eigenvalue weighted by molar-refractivity contribution is 5.83. The molecule has 4 heteroatoms. The average Bonchev–Trinajstić information content (AvgIpc) is 2.43. The van der Waals surface area contributed by atoms with Gasteiger partial charge < -0.3 is 11.1 Å². The maximum absolute atomic E-state index is 12.1. The molecule has 2 unspecified atom stereocenters. The van der Waals surface area contributed by atoms with Crippen molar-refractivity contribution in [2.24, 2.45) is 5.73 Å².